The van der Waals surface area contributed by atoms with Gasteiger partial charge in [0, 0.05) is 31.5 Å². The number of ether oxygens (including phenoxy) is 2. The summed E-state index contributed by atoms with van der Waals surface area (Å²) in [5.41, 5.74) is 6.93. The molecule has 0 bridgehead atoms. The number of benzene rings is 2. The van der Waals surface area contributed by atoms with Crippen molar-refractivity contribution in [2.75, 3.05) is 19.5 Å². The van der Waals surface area contributed by atoms with Crippen LogP contribution in [-0.4, -0.2) is 51.2 Å². The molecule has 2 N–H and O–H groups in total. The van der Waals surface area contributed by atoms with E-state index in [4.69, 9.17) is 9.47 Å². The fourth-order valence-corrected chi connectivity index (χ4v) is 4.35. The number of methoxy groups -OCH3 is 2. The van der Waals surface area contributed by atoms with Gasteiger partial charge in [0.15, 0.2) is 0 Å². The molecule has 0 aliphatic heterocycles. The normalized spacial score (nSPS) is 12.0. The monoisotopic (exact) mass is 528 g/mol. The first-order valence-corrected chi connectivity index (χ1v) is 12.6. The fraction of sp³-hybridized carbons (Fsp3) is 0.300. The zero-order valence-electron chi connectivity index (χ0n) is 23.4. The zero-order valence-corrected chi connectivity index (χ0v) is 23.4. The third-order valence-electron chi connectivity index (χ3n) is 6.38. The van der Waals surface area contributed by atoms with E-state index in [-0.39, 0.29) is 0 Å². The minimum Gasteiger partial charge on any atom is -0.495 e. The van der Waals surface area contributed by atoms with Crippen LogP contribution in [0.15, 0.2) is 65.8 Å². The van der Waals surface area contributed by atoms with E-state index >= 15 is 0 Å². The molecule has 0 aliphatic carbocycles. The standard InChI is InChI=1S/C30H36N6O3/c1-20-8-9-21(24-15-33-36(17-24)19-30(2,3)37)12-23(20)14-29(31-4)34-26-11-10-22(13-28(26)39-7)25-16-32-35(5)27(25)18-38-6/h8-17,34,37H,4,18-19H2,1-3,5-7H3/b29-14+. The molecule has 9 heteroatoms. The smallest absolute Gasteiger partial charge is 0.142 e. The van der Waals surface area contributed by atoms with Gasteiger partial charge in [-0.25, -0.2) is 4.99 Å². The Morgan fingerprint density at radius 1 is 1.10 bits per heavy atom. The van der Waals surface area contributed by atoms with Crippen molar-refractivity contribution in [3.05, 3.63) is 77.6 Å². The fourth-order valence-electron chi connectivity index (χ4n) is 4.35. The van der Waals surface area contributed by atoms with Gasteiger partial charge in [-0.1, -0.05) is 18.2 Å². The van der Waals surface area contributed by atoms with Crippen molar-refractivity contribution in [1.29, 1.82) is 0 Å². The van der Waals surface area contributed by atoms with Crippen molar-refractivity contribution in [3.8, 4) is 28.0 Å². The number of hydrogen-bond donors (Lipinski definition) is 2. The first kappa shape index (κ1) is 27.8. The van der Waals surface area contributed by atoms with Crippen molar-refractivity contribution >= 4 is 18.5 Å². The zero-order chi connectivity index (χ0) is 28.2. The summed E-state index contributed by atoms with van der Waals surface area (Å²) < 4.78 is 14.6. The molecule has 39 heavy (non-hydrogen) atoms. The van der Waals surface area contributed by atoms with Gasteiger partial charge in [-0.2, -0.15) is 10.2 Å². The first-order chi connectivity index (χ1) is 18.6. The van der Waals surface area contributed by atoms with Gasteiger partial charge in [0.1, 0.15) is 11.6 Å². The van der Waals surface area contributed by atoms with E-state index in [0.717, 1.165) is 44.8 Å². The molecule has 4 aromatic rings. The number of rotatable bonds is 11. The van der Waals surface area contributed by atoms with Gasteiger partial charge in [-0.3, -0.25) is 9.36 Å². The molecule has 0 aliphatic rings. The molecular formula is C30H36N6O3. The summed E-state index contributed by atoms with van der Waals surface area (Å²) in [5.74, 6) is 1.25. The van der Waals surface area contributed by atoms with Crippen molar-refractivity contribution in [1.82, 2.24) is 19.6 Å². The summed E-state index contributed by atoms with van der Waals surface area (Å²) in [6.07, 6.45) is 7.53. The van der Waals surface area contributed by atoms with Crippen molar-refractivity contribution in [3.63, 3.8) is 0 Å². The molecule has 0 unspecified atom stereocenters. The number of nitrogens with zero attached hydrogens (tertiary/aromatic N) is 5. The van der Waals surface area contributed by atoms with E-state index < -0.39 is 5.60 Å². The SMILES string of the molecule is C=N/C(=C\c1cc(-c2cnn(CC(C)(C)O)c2)ccc1C)Nc1ccc(-c2cnn(C)c2COC)cc1OC. The minimum absolute atomic E-state index is 0.412. The molecule has 9 nitrogen and oxygen atoms in total. The topological polar surface area (TPSA) is 98.7 Å². The van der Waals surface area contributed by atoms with Crippen LogP contribution in [0.5, 0.6) is 5.75 Å². The van der Waals surface area contributed by atoms with Crippen LogP contribution in [0.4, 0.5) is 5.69 Å². The molecule has 2 heterocycles. The van der Waals surface area contributed by atoms with E-state index in [1.54, 1.807) is 32.7 Å². The second-order valence-electron chi connectivity index (χ2n) is 10.1. The maximum Gasteiger partial charge on any atom is 0.142 e. The second kappa shape index (κ2) is 11.7. The highest BCUT2D eigenvalue weighted by Gasteiger charge is 2.16. The van der Waals surface area contributed by atoms with Crippen LogP contribution in [0.2, 0.25) is 0 Å². The Kier molecular flexibility index (Phi) is 8.32. The van der Waals surface area contributed by atoms with Gasteiger partial charge in [-0.15, -0.1) is 0 Å². The van der Waals surface area contributed by atoms with Crippen LogP contribution < -0.4 is 10.1 Å². The molecule has 4 rings (SSSR count). The van der Waals surface area contributed by atoms with Gasteiger partial charge in [0.2, 0.25) is 0 Å². The Balaban J connectivity index is 1.61. The average molecular weight is 529 g/mol. The molecule has 2 aromatic heterocycles. The Morgan fingerprint density at radius 3 is 2.56 bits per heavy atom. The van der Waals surface area contributed by atoms with Gasteiger partial charge in [-0.05, 0) is 74.0 Å². The predicted molar refractivity (Wildman–Crippen MR) is 156 cm³/mol. The summed E-state index contributed by atoms with van der Waals surface area (Å²) in [5, 5.41) is 22.3. The highest BCUT2D eigenvalue weighted by atomic mass is 16.5. The molecule has 0 atom stereocenters. The second-order valence-corrected chi connectivity index (χ2v) is 10.1. The summed E-state index contributed by atoms with van der Waals surface area (Å²) in [6.45, 7) is 10.2. The van der Waals surface area contributed by atoms with Crippen molar-refractivity contribution < 1.29 is 14.6 Å². The lowest BCUT2D eigenvalue weighted by Gasteiger charge is -2.16. The van der Waals surface area contributed by atoms with Gasteiger partial charge < -0.3 is 19.9 Å². The largest absolute Gasteiger partial charge is 0.495 e. The van der Waals surface area contributed by atoms with Gasteiger partial charge in [0.25, 0.3) is 0 Å². The third-order valence-corrected chi connectivity index (χ3v) is 6.38. The molecule has 204 valence electrons. The lowest BCUT2D eigenvalue weighted by molar-refractivity contribution is 0.0577. The van der Waals surface area contributed by atoms with Crippen LogP contribution in [0.3, 0.4) is 0 Å². The molecule has 0 saturated carbocycles. The molecule has 0 fully saturated rings. The maximum absolute atomic E-state index is 10.1. The Hall–Kier alpha value is -4.21. The number of aromatic nitrogens is 4. The highest BCUT2D eigenvalue weighted by molar-refractivity contribution is 5.75. The number of hydrogen-bond acceptors (Lipinski definition) is 7. The van der Waals surface area contributed by atoms with E-state index in [9.17, 15) is 5.11 Å². The molecule has 0 spiro atoms. The van der Waals surface area contributed by atoms with Crippen LogP contribution >= 0.6 is 0 Å². The number of anilines is 1. The summed E-state index contributed by atoms with van der Waals surface area (Å²) in [6, 6.07) is 12.2. The highest BCUT2D eigenvalue weighted by Crippen LogP contribution is 2.34. The lowest BCUT2D eigenvalue weighted by atomic mass is 10.0. The molecule has 0 saturated heterocycles. The Bertz CT molecular complexity index is 1490. The Morgan fingerprint density at radius 2 is 1.87 bits per heavy atom. The molecule has 0 amide bonds. The maximum atomic E-state index is 10.1. The molecule has 2 aromatic carbocycles. The quantitative estimate of drug-likeness (QED) is 0.257. The van der Waals surface area contributed by atoms with E-state index in [1.165, 1.54) is 0 Å². The van der Waals surface area contributed by atoms with E-state index in [0.29, 0.717) is 24.7 Å². The van der Waals surface area contributed by atoms with Crippen LogP contribution in [-0.2, 0) is 24.9 Å². The van der Waals surface area contributed by atoms with Crippen LogP contribution in [0.1, 0.15) is 30.7 Å². The van der Waals surface area contributed by atoms with Crippen molar-refractivity contribution in [2.24, 2.45) is 12.0 Å². The average Bonchev–Trinajstić information content (AvgIpc) is 3.50. The molecule has 0 radical (unpaired) electrons. The predicted octanol–water partition coefficient (Wildman–Crippen LogP) is 5.30. The van der Waals surface area contributed by atoms with E-state index in [1.807, 2.05) is 54.6 Å². The number of nitrogens with one attached hydrogen (secondary N) is 1. The van der Waals surface area contributed by atoms with Gasteiger partial charge >= 0.3 is 0 Å². The summed E-state index contributed by atoms with van der Waals surface area (Å²) in [7, 11) is 5.21. The first-order valence-electron chi connectivity index (χ1n) is 12.6. The summed E-state index contributed by atoms with van der Waals surface area (Å²) >= 11 is 0. The number of aliphatic imine (C=N–C) groups is 1. The Labute approximate surface area is 229 Å². The van der Waals surface area contributed by atoms with Crippen molar-refractivity contribution in [2.45, 2.75) is 39.5 Å². The van der Waals surface area contributed by atoms with Crippen LogP contribution in [0, 0.1) is 6.92 Å². The number of aliphatic hydroxyl groups is 1. The van der Waals surface area contributed by atoms with Crippen LogP contribution in [0.25, 0.3) is 28.3 Å². The summed E-state index contributed by atoms with van der Waals surface area (Å²) in [4.78, 5) is 4.23. The number of aryl methyl sites for hydroxylation is 2. The lowest BCUT2D eigenvalue weighted by Crippen LogP contribution is -2.26. The molecular weight excluding hydrogens is 492 g/mol. The minimum atomic E-state index is -0.843. The van der Waals surface area contributed by atoms with Gasteiger partial charge in [0.05, 0.1) is 49.6 Å². The third kappa shape index (κ3) is 6.63. The van der Waals surface area contributed by atoms with E-state index in [2.05, 4.69) is 52.3 Å².